The smallest absolute Gasteiger partial charge is 0.311 e. The monoisotopic (exact) mass is 524 g/mol. The summed E-state index contributed by atoms with van der Waals surface area (Å²) in [4.78, 5) is 0. The summed E-state index contributed by atoms with van der Waals surface area (Å²) in [5, 5.41) is 6.28. The van der Waals surface area contributed by atoms with Crippen molar-refractivity contribution in [1.29, 1.82) is 0 Å². The van der Waals surface area contributed by atoms with Gasteiger partial charge in [-0.25, -0.2) is 4.39 Å². The molecule has 0 amide bonds. The summed E-state index contributed by atoms with van der Waals surface area (Å²) in [6, 6.07) is 15.8. The van der Waals surface area contributed by atoms with Gasteiger partial charge in [-0.1, -0.05) is 18.2 Å². The Labute approximate surface area is 218 Å². The van der Waals surface area contributed by atoms with Crippen LogP contribution in [-0.2, 0) is 10.1 Å². The molecule has 0 atom stereocenters. The van der Waals surface area contributed by atoms with Gasteiger partial charge in [0.25, 0.3) is 0 Å². The minimum Gasteiger partial charge on any atom is -0.496 e. The van der Waals surface area contributed by atoms with E-state index in [0.29, 0.717) is 12.3 Å². The molecule has 0 saturated carbocycles. The predicted octanol–water partition coefficient (Wildman–Crippen LogP) is 6.63. The van der Waals surface area contributed by atoms with Gasteiger partial charge < -0.3 is 19.6 Å². The number of ether oxygens (including phenoxy) is 1. The zero-order valence-electron chi connectivity index (χ0n) is 22.0. The van der Waals surface area contributed by atoms with E-state index in [1.165, 1.54) is 12.1 Å². The third-order valence-electron chi connectivity index (χ3n) is 6.30. The maximum Gasteiger partial charge on any atom is 0.311 e. The Kier molecular flexibility index (Phi) is 7.24. The standard InChI is InChI=1S/C29H33FN2O4S/c1-18(2)37(33,34)36-23-10-11-24(28(15-23)35-6)20-8-12-26-25(13-20)21(16-29(4,5)32-26)17-31-27-14-22(30)9-7-19(27)3/h7-16,18,31-32H,17H2,1-6H3. The molecule has 0 aliphatic carbocycles. The minimum atomic E-state index is -3.72. The lowest BCUT2D eigenvalue weighted by molar-refractivity contribution is 0.413. The van der Waals surface area contributed by atoms with E-state index >= 15 is 0 Å². The largest absolute Gasteiger partial charge is 0.496 e. The fourth-order valence-electron chi connectivity index (χ4n) is 4.30. The van der Waals surface area contributed by atoms with Gasteiger partial charge in [-0.15, -0.1) is 0 Å². The SMILES string of the molecule is COc1cc(OS(=O)(=O)C(C)C)ccc1-c1ccc2c(c1)C(CNc1cc(F)ccc1C)=CC(C)(C)N2. The van der Waals surface area contributed by atoms with E-state index in [2.05, 4.69) is 36.6 Å². The summed E-state index contributed by atoms with van der Waals surface area (Å²) in [5.74, 6) is 0.418. The quantitative estimate of drug-likeness (QED) is 0.322. The van der Waals surface area contributed by atoms with Gasteiger partial charge in [-0.05, 0) is 87.7 Å². The molecule has 0 aromatic heterocycles. The molecule has 1 aliphatic heterocycles. The first-order valence-electron chi connectivity index (χ1n) is 12.1. The second kappa shape index (κ2) is 10.1. The molecule has 2 N–H and O–H groups in total. The number of hydrogen-bond acceptors (Lipinski definition) is 6. The van der Waals surface area contributed by atoms with Crippen LogP contribution in [0.4, 0.5) is 15.8 Å². The second-order valence-electron chi connectivity index (χ2n) is 10.1. The van der Waals surface area contributed by atoms with Crippen molar-refractivity contribution in [2.24, 2.45) is 0 Å². The molecule has 37 heavy (non-hydrogen) atoms. The number of fused-ring (bicyclic) bond motifs is 1. The lowest BCUT2D eigenvalue weighted by Gasteiger charge is -2.33. The average Bonchev–Trinajstić information content (AvgIpc) is 2.83. The Hall–Kier alpha value is -3.52. The molecule has 3 aromatic carbocycles. The van der Waals surface area contributed by atoms with Crippen LogP contribution in [0.25, 0.3) is 16.7 Å². The highest BCUT2D eigenvalue weighted by atomic mass is 32.2. The minimum absolute atomic E-state index is 0.200. The van der Waals surface area contributed by atoms with Crippen LogP contribution in [0, 0.1) is 12.7 Å². The molecule has 6 nitrogen and oxygen atoms in total. The molecule has 3 aromatic rings. The number of hydrogen-bond donors (Lipinski definition) is 2. The average molecular weight is 525 g/mol. The van der Waals surface area contributed by atoms with Crippen LogP contribution < -0.4 is 19.6 Å². The first-order chi connectivity index (χ1) is 17.4. The number of anilines is 2. The Bertz CT molecular complexity index is 1460. The van der Waals surface area contributed by atoms with Crippen LogP contribution in [-0.4, -0.2) is 32.9 Å². The van der Waals surface area contributed by atoms with E-state index in [9.17, 15) is 12.8 Å². The highest BCUT2D eigenvalue weighted by Crippen LogP contribution is 2.40. The summed E-state index contributed by atoms with van der Waals surface area (Å²) >= 11 is 0. The fraction of sp³-hybridized carbons (Fsp3) is 0.310. The van der Waals surface area contributed by atoms with Gasteiger partial charge in [0.15, 0.2) is 0 Å². The summed E-state index contributed by atoms with van der Waals surface area (Å²) in [6.07, 6.45) is 2.17. The Morgan fingerprint density at radius 3 is 2.49 bits per heavy atom. The van der Waals surface area contributed by atoms with E-state index in [4.69, 9.17) is 8.92 Å². The molecule has 0 fully saturated rings. The number of nitrogens with one attached hydrogen (secondary N) is 2. The third-order valence-corrected chi connectivity index (χ3v) is 7.88. The topological polar surface area (TPSA) is 76.7 Å². The van der Waals surface area contributed by atoms with Crippen LogP contribution in [0.1, 0.15) is 38.8 Å². The van der Waals surface area contributed by atoms with Crippen molar-refractivity contribution in [3.05, 3.63) is 77.6 Å². The van der Waals surface area contributed by atoms with E-state index in [1.807, 2.05) is 19.1 Å². The molecule has 196 valence electrons. The van der Waals surface area contributed by atoms with Crippen LogP contribution in [0.5, 0.6) is 11.5 Å². The number of rotatable bonds is 8. The van der Waals surface area contributed by atoms with E-state index in [0.717, 1.165) is 39.2 Å². The highest BCUT2D eigenvalue weighted by molar-refractivity contribution is 7.87. The van der Waals surface area contributed by atoms with Gasteiger partial charge in [0, 0.05) is 35.1 Å². The third kappa shape index (κ3) is 5.91. The van der Waals surface area contributed by atoms with Gasteiger partial charge in [0.2, 0.25) is 0 Å². The number of methoxy groups -OCH3 is 1. The van der Waals surface area contributed by atoms with Crippen molar-refractivity contribution < 1.29 is 21.7 Å². The van der Waals surface area contributed by atoms with Crippen LogP contribution >= 0.6 is 0 Å². The molecule has 0 spiro atoms. The van der Waals surface area contributed by atoms with E-state index in [1.54, 1.807) is 45.2 Å². The fourth-order valence-corrected chi connectivity index (χ4v) is 4.86. The zero-order chi connectivity index (χ0) is 27.0. The molecule has 0 radical (unpaired) electrons. The van der Waals surface area contributed by atoms with Gasteiger partial charge in [-0.3, -0.25) is 0 Å². The summed E-state index contributed by atoms with van der Waals surface area (Å²) in [7, 11) is -2.18. The van der Waals surface area contributed by atoms with Crippen molar-refractivity contribution in [3.63, 3.8) is 0 Å². The molecular formula is C29H33FN2O4S. The van der Waals surface area contributed by atoms with Crippen molar-refractivity contribution in [2.75, 3.05) is 24.3 Å². The molecule has 4 rings (SSSR count). The van der Waals surface area contributed by atoms with Gasteiger partial charge in [0.1, 0.15) is 17.3 Å². The molecule has 0 saturated heterocycles. The Balaban J connectivity index is 1.68. The van der Waals surface area contributed by atoms with E-state index in [-0.39, 0.29) is 17.1 Å². The predicted molar refractivity (Wildman–Crippen MR) is 148 cm³/mol. The highest BCUT2D eigenvalue weighted by Gasteiger charge is 2.25. The molecule has 1 heterocycles. The van der Waals surface area contributed by atoms with E-state index < -0.39 is 15.4 Å². The summed E-state index contributed by atoms with van der Waals surface area (Å²) in [6.45, 7) is 9.80. The number of benzene rings is 3. The lowest BCUT2D eigenvalue weighted by atomic mass is 9.88. The normalized spacial score (nSPS) is 14.4. The maximum absolute atomic E-state index is 13.8. The number of aryl methyl sites for hydroxylation is 1. The van der Waals surface area contributed by atoms with Gasteiger partial charge in [0.05, 0.1) is 17.9 Å². The number of halogens is 1. The van der Waals surface area contributed by atoms with Crippen molar-refractivity contribution in [1.82, 2.24) is 0 Å². The zero-order valence-corrected chi connectivity index (χ0v) is 22.8. The molecular weight excluding hydrogens is 491 g/mol. The maximum atomic E-state index is 13.8. The summed E-state index contributed by atoms with van der Waals surface area (Å²) in [5.41, 5.74) is 6.25. The van der Waals surface area contributed by atoms with Crippen molar-refractivity contribution in [2.45, 2.75) is 45.4 Å². The van der Waals surface area contributed by atoms with Crippen LogP contribution in [0.15, 0.2) is 60.7 Å². The molecule has 0 unspecified atom stereocenters. The van der Waals surface area contributed by atoms with Gasteiger partial charge >= 0.3 is 10.1 Å². The molecule has 0 bridgehead atoms. The first kappa shape index (κ1) is 26.5. The molecule has 8 heteroatoms. The van der Waals surface area contributed by atoms with Crippen molar-refractivity contribution in [3.8, 4) is 22.6 Å². The Morgan fingerprint density at radius 1 is 1.03 bits per heavy atom. The second-order valence-corrected chi connectivity index (χ2v) is 12.2. The summed E-state index contributed by atoms with van der Waals surface area (Å²) < 4.78 is 49.1. The van der Waals surface area contributed by atoms with Gasteiger partial charge in [-0.2, -0.15) is 8.42 Å². The van der Waals surface area contributed by atoms with Crippen LogP contribution in [0.3, 0.4) is 0 Å². The lowest BCUT2D eigenvalue weighted by Crippen LogP contribution is -2.32. The van der Waals surface area contributed by atoms with Crippen LogP contribution in [0.2, 0.25) is 0 Å². The first-order valence-corrected chi connectivity index (χ1v) is 13.6. The Morgan fingerprint density at radius 2 is 1.78 bits per heavy atom. The van der Waals surface area contributed by atoms with Crippen molar-refractivity contribution >= 4 is 27.1 Å². The molecule has 1 aliphatic rings.